The van der Waals surface area contributed by atoms with Gasteiger partial charge in [0, 0.05) is 17.2 Å². The summed E-state index contributed by atoms with van der Waals surface area (Å²) in [5, 5.41) is 8.67. The van der Waals surface area contributed by atoms with E-state index in [9.17, 15) is 18.0 Å². The van der Waals surface area contributed by atoms with Gasteiger partial charge in [-0.2, -0.15) is 18.3 Å². The number of benzene rings is 1. The molecule has 24 heavy (non-hydrogen) atoms. The number of hydrogen-bond donors (Lipinski definition) is 2. The zero-order chi connectivity index (χ0) is 17.2. The first-order valence-electron chi connectivity index (χ1n) is 7.97. The van der Waals surface area contributed by atoms with Gasteiger partial charge in [-0.25, -0.2) is 0 Å². The van der Waals surface area contributed by atoms with Crippen LogP contribution in [0.15, 0.2) is 30.3 Å². The average molecular weight is 337 g/mol. The van der Waals surface area contributed by atoms with E-state index in [-0.39, 0.29) is 17.6 Å². The maximum Gasteiger partial charge on any atom is 0.432 e. The standard InChI is InChI=1S/C17H18F3N3O/c18-17(19,20)15-10-14(22-23-15)11-5-4-6-12(9-11)16(24)21-13-7-2-1-3-8-13/h4-6,9-10,13H,1-3,7-8H2,(H,21,24)(H,22,23). The second-order valence-corrected chi connectivity index (χ2v) is 6.05. The van der Waals surface area contributed by atoms with Crippen molar-refractivity contribution in [2.24, 2.45) is 0 Å². The van der Waals surface area contributed by atoms with Gasteiger partial charge in [-0.3, -0.25) is 9.89 Å². The minimum Gasteiger partial charge on any atom is -0.349 e. The summed E-state index contributed by atoms with van der Waals surface area (Å²) in [6.45, 7) is 0. The molecule has 1 heterocycles. The zero-order valence-corrected chi connectivity index (χ0v) is 13.0. The fourth-order valence-corrected chi connectivity index (χ4v) is 2.95. The Morgan fingerprint density at radius 3 is 2.58 bits per heavy atom. The van der Waals surface area contributed by atoms with Crippen molar-refractivity contribution in [2.75, 3.05) is 0 Å². The molecule has 0 bridgehead atoms. The third kappa shape index (κ3) is 3.77. The van der Waals surface area contributed by atoms with E-state index in [0.717, 1.165) is 31.7 Å². The van der Waals surface area contributed by atoms with Crippen LogP contribution < -0.4 is 5.32 Å². The summed E-state index contributed by atoms with van der Waals surface area (Å²) in [5.41, 5.74) is 0.150. The Labute approximate surface area is 137 Å². The van der Waals surface area contributed by atoms with E-state index >= 15 is 0 Å². The second kappa shape index (κ2) is 6.67. The Bertz CT molecular complexity index is 718. The maximum atomic E-state index is 12.6. The fraction of sp³-hybridized carbons (Fsp3) is 0.412. The van der Waals surface area contributed by atoms with Gasteiger partial charge in [0.2, 0.25) is 0 Å². The van der Waals surface area contributed by atoms with Gasteiger partial charge < -0.3 is 5.32 Å². The highest BCUT2D eigenvalue weighted by molar-refractivity contribution is 5.95. The quantitative estimate of drug-likeness (QED) is 0.884. The van der Waals surface area contributed by atoms with Crippen molar-refractivity contribution in [1.29, 1.82) is 0 Å². The predicted molar refractivity (Wildman–Crippen MR) is 83.4 cm³/mol. The first-order valence-corrected chi connectivity index (χ1v) is 7.97. The van der Waals surface area contributed by atoms with Gasteiger partial charge in [-0.05, 0) is 31.0 Å². The molecule has 0 unspecified atom stereocenters. The lowest BCUT2D eigenvalue weighted by atomic mass is 9.95. The van der Waals surface area contributed by atoms with Crippen LogP contribution in [-0.4, -0.2) is 22.1 Å². The normalized spacial score (nSPS) is 16.1. The van der Waals surface area contributed by atoms with E-state index in [4.69, 9.17) is 0 Å². The number of carbonyl (C=O) groups is 1. The lowest BCUT2D eigenvalue weighted by Crippen LogP contribution is -2.36. The van der Waals surface area contributed by atoms with E-state index in [1.807, 2.05) is 5.10 Å². The monoisotopic (exact) mass is 337 g/mol. The SMILES string of the molecule is O=C(NC1CCCCC1)c1cccc(-c2cc(C(F)(F)F)[nH]n2)c1. The Balaban J connectivity index is 1.76. The molecule has 0 radical (unpaired) electrons. The van der Waals surface area contributed by atoms with Gasteiger partial charge >= 0.3 is 6.18 Å². The number of H-pyrrole nitrogens is 1. The summed E-state index contributed by atoms with van der Waals surface area (Å²) in [6.07, 6.45) is 0.889. The maximum absolute atomic E-state index is 12.6. The first kappa shape index (κ1) is 16.5. The Morgan fingerprint density at radius 1 is 1.17 bits per heavy atom. The highest BCUT2D eigenvalue weighted by Crippen LogP contribution is 2.30. The summed E-state index contributed by atoms with van der Waals surface area (Å²) in [7, 11) is 0. The largest absolute Gasteiger partial charge is 0.432 e. The van der Waals surface area contributed by atoms with Crippen LogP contribution in [0.1, 0.15) is 48.2 Å². The molecule has 2 N–H and O–H groups in total. The number of rotatable bonds is 3. The zero-order valence-electron chi connectivity index (χ0n) is 13.0. The number of hydrogen-bond acceptors (Lipinski definition) is 2. The number of aromatic nitrogens is 2. The number of aromatic amines is 1. The van der Waals surface area contributed by atoms with Crippen LogP contribution in [0, 0.1) is 0 Å². The summed E-state index contributed by atoms with van der Waals surface area (Å²) < 4.78 is 37.9. The summed E-state index contributed by atoms with van der Waals surface area (Å²) in [6, 6.07) is 7.61. The molecule has 7 heteroatoms. The van der Waals surface area contributed by atoms with E-state index in [2.05, 4.69) is 10.4 Å². The predicted octanol–water partition coefficient (Wildman–Crippen LogP) is 4.16. The van der Waals surface area contributed by atoms with Crippen LogP contribution in [0.2, 0.25) is 0 Å². The van der Waals surface area contributed by atoms with Gasteiger partial charge in [0.1, 0.15) is 5.69 Å². The summed E-state index contributed by atoms with van der Waals surface area (Å²) in [4.78, 5) is 12.3. The lowest BCUT2D eigenvalue weighted by Gasteiger charge is -2.22. The minimum atomic E-state index is -4.47. The third-order valence-electron chi connectivity index (χ3n) is 4.24. The van der Waals surface area contributed by atoms with E-state index in [0.29, 0.717) is 11.1 Å². The number of nitrogens with zero attached hydrogens (tertiary/aromatic N) is 1. The van der Waals surface area contributed by atoms with Crippen molar-refractivity contribution in [3.8, 4) is 11.3 Å². The topological polar surface area (TPSA) is 57.8 Å². The molecule has 1 fully saturated rings. The molecule has 1 saturated carbocycles. The molecule has 0 spiro atoms. The molecule has 0 saturated heterocycles. The van der Waals surface area contributed by atoms with Crippen LogP contribution in [0.4, 0.5) is 13.2 Å². The third-order valence-corrected chi connectivity index (χ3v) is 4.24. The Kier molecular flexibility index (Phi) is 4.59. The number of halogens is 3. The molecule has 128 valence electrons. The molecule has 4 nitrogen and oxygen atoms in total. The molecule has 2 aromatic rings. The molecule has 0 aliphatic heterocycles. The number of carbonyl (C=O) groups excluding carboxylic acids is 1. The highest BCUT2D eigenvalue weighted by atomic mass is 19.4. The molecule has 0 atom stereocenters. The number of amides is 1. The van der Waals surface area contributed by atoms with Gasteiger partial charge in [-0.1, -0.05) is 31.4 Å². The average Bonchev–Trinajstić information content (AvgIpc) is 3.06. The van der Waals surface area contributed by atoms with E-state index in [1.165, 1.54) is 6.42 Å². The van der Waals surface area contributed by atoms with Crippen molar-refractivity contribution in [2.45, 2.75) is 44.3 Å². The van der Waals surface area contributed by atoms with Crippen molar-refractivity contribution in [1.82, 2.24) is 15.5 Å². The van der Waals surface area contributed by atoms with Gasteiger partial charge in [0.15, 0.2) is 0 Å². The van der Waals surface area contributed by atoms with Crippen LogP contribution in [0.3, 0.4) is 0 Å². The first-order chi connectivity index (χ1) is 11.4. The van der Waals surface area contributed by atoms with Crippen molar-refractivity contribution in [3.63, 3.8) is 0 Å². The van der Waals surface area contributed by atoms with Crippen LogP contribution in [-0.2, 0) is 6.18 Å². The van der Waals surface area contributed by atoms with Crippen molar-refractivity contribution >= 4 is 5.91 Å². The minimum absolute atomic E-state index is 0.162. The van der Waals surface area contributed by atoms with Crippen molar-refractivity contribution < 1.29 is 18.0 Å². The molecule has 1 aliphatic carbocycles. The Morgan fingerprint density at radius 2 is 1.92 bits per heavy atom. The molecule has 1 amide bonds. The second-order valence-electron chi connectivity index (χ2n) is 6.05. The molecular formula is C17H18F3N3O. The Hall–Kier alpha value is -2.31. The molecule has 1 aliphatic rings. The molecule has 3 rings (SSSR count). The molecule has 1 aromatic heterocycles. The van der Waals surface area contributed by atoms with Crippen LogP contribution in [0.25, 0.3) is 11.3 Å². The van der Waals surface area contributed by atoms with Gasteiger partial charge in [-0.15, -0.1) is 0 Å². The number of nitrogens with one attached hydrogen (secondary N) is 2. The number of alkyl halides is 3. The molecule has 1 aromatic carbocycles. The fourth-order valence-electron chi connectivity index (χ4n) is 2.95. The summed E-state index contributed by atoms with van der Waals surface area (Å²) >= 11 is 0. The lowest BCUT2D eigenvalue weighted by molar-refractivity contribution is -0.141. The summed E-state index contributed by atoms with van der Waals surface area (Å²) in [5.74, 6) is -0.199. The van der Waals surface area contributed by atoms with E-state index < -0.39 is 11.9 Å². The van der Waals surface area contributed by atoms with Gasteiger partial charge in [0.05, 0.1) is 5.69 Å². The van der Waals surface area contributed by atoms with Crippen molar-refractivity contribution in [3.05, 3.63) is 41.6 Å². The van der Waals surface area contributed by atoms with Gasteiger partial charge in [0.25, 0.3) is 5.91 Å². The molecular weight excluding hydrogens is 319 g/mol. The van der Waals surface area contributed by atoms with E-state index in [1.54, 1.807) is 24.3 Å². The smallest absolute Gasteiger partial charge is 0.349 e. The van der Waals surface area contributed by atoms with Crippen LogP contribution in [0.5, 0.6) is 0 Å². The van der Waals surface area contributed by atoms with Crippen LogP contribution >= 0.6 is 0 Å². The highest BCUT2D eigenvalue weighted by Gasteiger charge is 2.33.